The van der Waals surface area contributed by atoms with Crippen LogP contribution in [-0.4, -0.2) is 10.5 Å². The van der Waals surface area contributed by atoms with Gasteiger partial charge in [0.15, 0.2) is 0 Å². The van der Waals surface area contributed by atoms with Crippen molar-refractivity contribution in [3.63, 3.8) is 0 Å². The number of carbonyl (C=O) groups excluding carboxylic acids is 1. The average molecular weight is 345 g/mol. The number of nitrogens with two attached hydrogens (primary N) is 1. The Morgan fingerprint density at radius 2 is 1.90 bits per heavy atom. The van der Waals surface area contributed by atoms with Gasteiger partial charge in [-0.05, 0) is 30.2 Å². The van der Waals surface area contributed by atoms with Crippen LogP contribution in [0.4, 0.5) is 0 Å². The largest absolute Gasteiger partial charge is 0.365 e. The molecular formula is C14H12Cl3N3O. The number of aromatic nitrogens is 1. The standard InChI is InChI=1S/C14H12Cl3N3O/c15-9-6-10(14(19)21)13(18)20(7-9)4-3-8-1-2-11(16)12(17)5-8/h1-2,5-7,18H,3-4H2,(H2,19,21). The highest BCUT2D eigenvalue weighted by atomic mass is 35.5. The van der Waals surface area contributed by atoms with Crippen molar-refractivity contribution in [2.24, 2.45) is 5.73 Å². The maximum atomic E-state index is 11.3. The van der Waals surface area contributed by atoms with Gasteiger partial charge in [0, 0.05) is 12.7 Å². The van der Waals surface area contributed by atoms with E-state index in [1.807, 2.05) is 6.07 Å². The first-order valence-electron chi connectivity index (χ1n) is 6.07. The van der Waals surface area contributed by atoms with Crippen LogP contribution in [-0.2, 0) is 13.0 Å². The normalized spacial score (nSPS) is 10.6. The molecule has 0 aliphatic carbocycles. The maximum absolute atomic E-state index is 11.3. The van der Waals surface area contributed by atoms with E-state index in [2.05, 4.69) is 0 Å². The smallest absolute Gasteiger partial charge is 0.252 e. The van der Waals surface area contributed by atoms with E-state index in [-0.39, 0.29) is 11.1 Å². The van der Waals surface area contributed by atoms with E-state index in [1.54, 1.807) is 22.9 Å². The molecule has 2 rings (SSSR count). The van der Waals surface area contributed by atoms with Gasteiger partial charge in [0.25, 0.3) is 5.91 Å². The van der Waals surface area contributed by atoms with Crippen LogP contribution in [0.1, 0.15) is 15.9 Å². The van der Waals surface area contributed by atoms with Crippen molar-refractivity contribution in [2.75, 3.05) is 0 Å². The average Bonchev–Trinajstić information content (AvgIpc) is 2.42. The summed E-state index contributed by atoms with van der Waals surface area (Å²) >= 11 is 17.8. The second-order valence-electron chi connectivity index (χ2n) is 4.48. The summed E-state index contributed by atoms with van der Waals surface area (Å²) < 4.78 is 1.57. The molecular weight excluding hydrogens is 333 g/mol. The molecule has 0 fully saturated rings. The van der Waals surface area contributed by atoms with E-state index in [0.717, 1.165) is 5.56 Å². The Hall–Kier alpha value is -1.49. The van der Waals surface area contributed by atoms with Gasteiger partial charge >= 0.3 is 0 Å². The van der Waals surface area contributed by atoms with Crippen molar-refractivity contribution in [2.45, 2.75) is 13.0 Å². The summed E-state index contributed by atoms with van der Waals surface area (Å²) in [6.45, 7) is 0.470. The van der Waals surface area contributed by atoms with Crippen LogP contribution >= 0.6 is 34.8 Å². The van der Waals surface area contributed by atoms with E-state index in [1.165, 1.54) is 6.07 Å². The molecule has 4 nitrogen and oxygen atoms in total. The molecule has 1 aromatic carbocycles. The van der Waals surface area contributed by atoms with Gasteiger partial charge in [-0.2, -0.15) is 0 Å². The second-order valence-corrected chi connectivity index (χ2v) is 5.73. The van der Waals surface area contributed by atoms with E-state index in [9.17, 15) is 4.79 Å². The van der Waals surface area contributed by atoms with Gasteiger partial charge in [-0.25, -0.2) is 0 Å². The number of benzene rings is 1. The lowest BCUT2D eigenvalue weighted by Gasteiger charge is -2.10. The molecule has 1 amide bonds. The lowest BCUT2D eigenvalue weighted by atomic mass is 10.1. The van der Waals surface area contributed by atoms with Crippen LogP contribution in [0.25, 0.3) is 0 Å². The molecule has 0 saturated carbocycles. The van der Waals surface area contributed by atoms with Crippen LogP contribution in [0.3, 0.4) is 0 Å². The summed E-state index contributed by atoms with van der Waals surface area (Å²) in [5.41, 5.74) is 6.33. The fourth-order valence-electron chi connectivity index (χ4n) is 1.92. The zero-order chi connectivity index (χ0) is 15.6. The summed E-state index contributed by atoms with van der Waals surface area (Å²) in [7, 11) is 0. The second kappa shape index (κ2) is 6.52. The number of hydrogen-bond acceptors (Lipinski definition) is 2. The molecule has 2 aromatic rings. The minimum absolute atomic E-state index is 0.0342. The minimum atomic E-state index is -0.675. The Balaban J connectivity index is 2.26. The molecule has 1 aromatic heterocycles. The Labute approximate surface area is 136 Å². The highest BCUT2D eigenvalue weighted by molar-refractivity contribution is 6.42. The highest BCUT2D eigenvalue weighted by Gasteiger charge is 2.08. The van der Waals surface area contributed by atoms with Crippen molar-refractivity contribution in [1.29, 1.82) is 5.41 Å². The van der Waals surface area contributed by atoms with Gasteiger partial charge in [0.1, 0.15) is 5.49 Å². The Kier molecular flexibility index (Phi) is 4.93. The van der Waals surface area contributed by atoms with Crippen LogP contribution in [0.15, 0.2) is 30.5 Å². The lowest BCUT2D eigenvalue weighted by molar-refractivity contribution is 0.0997. The predicted octanol–water partition coefficient (Wildman–Crippen LogP) is 3.27. The number of pyridine rings is 1. The van der Waals surface area contributed by atoms with Gasteiger partial charge in [0.2, 0.25) is 0 Å². The summed E-state index contributed by atoms with van der Waals surface area (Å²) in [4.78, 5) is 11.3. The number of hydrogen-bond donors (Lipinski definition) is 2. The first-order valence-corrected chi connectivity index (χ1v) is 7.20. The fourth-order valence-corrected chi connectivity index (χ4v) is 2.47. The monoisotopic (exact) mass is 343 g/mol. The van der Waals surface area contributed by atoms with Crippen LogP contribution in [0.2, 0.25) is 15.1 Å². The van der Waals surface area contributed by atoms with E-state index in [0.29, 0.717) is 28.0 Å². The van der Waals surface area contributed by atoms with Gasteiger partial charge < -0.3 is 10.3 Å². The Morgan fingerprint density at radius 3 is 2.52 bits per heavy atom. The molecule has 0 saturated heterocycles. The SMILES string of the molecule is N=c1c(C(N)=O)cc(Cl)cn1CCc1ccc(Cl)c(Cl)c1. The quantitative estimate of drug-likeness (QED) is 0.878. The summed E-state index contributed by atoms with van der Waals surface area (Å²) in [5.74, 6) is -0.675. The van der Waals surface area contributed by atoms with Gasteiger partial charge in [-0.15, -0.1) is 0 Å². The zero-order valence-electron chi connectivity index (χ0n) is 10.9. The van der Waals surface area contributed by atoms with Crippen LogP contribution in [0, 0.1) is 5.41 Å². The number of aryl methyl sites for hydroxylation is 2. The molecule has 0 bridgehead atoms. The fraction of sp³-hybridized carbons (Fsp3) is 0.143. The third-order valence-electron chi connectivity index (χ3n) is 2.99. The number of halogens is 3. The molecule has 3 N–H and O–H groups in total. The van der Waals surface area contributed by atoms with Crippen molar-refractivity contribution in [3.05, 3.63) is 62.1 Å². The van der Waals surface area contributed by atoms with Gasteiger partial charge in [-0.1, -0.05) is 40.9 Å². The highest BCUT2D eigenvalue weighted by Crippen LogP contribution is 2.22. The number of carbonyl (C=O) groups is 1. The van der Waals surface area contributed by atoms with Crippen molar-refractivity contribution >= 4 is 40.7 Å². The molecule has 0 aliphatic rings. The van der Waals surface area contributed by atoms with Crippen LogP contribution in [0.5, 0.6) is 0 Å². The molecule has 0 atom stereocenters. The van der Waals surface area contributed by atoms with Crippen molar-refractivity contribution in [3.8, 4) is 0 Å². The lowest BCUT2D eigenvalue weighted by Crippen LogP contribution is -2.30. The molecule has 1 heterocycles. The molecule has 110 valence electrons. The summed E-state index contributed by atoms with van der Waals surface area (Å²) in [6, 6.07) is 6.74. The molecule has 0 aliphatic heterocycles. The Bertz CT molecular complexity index is 756. The van der Waals surface area contributed by atoms with Crippen LogP contribution < -0.4 is 11.2 Å². The van der Waals surface area contributed by atoms with Gasteiger partial charge in [0.05, 0.1) is 20.6 Å². The summed E-state index contributed by atoms with van der Waals surface area (Å²) in [6.07, 6.45) is 2.21. The van der Waals surface area contributed by atoms with Crippen molar-refractivity contribution in [1.82, 2.24) is 4.57 Å². The third kappa shape index (κ3) is 3.79. The topological polar surface area (TPSA) is 71.9 Å². The number of rotatable bonds is 4. The Morgan fingerprint density at radius 1 is 1.19 bits per heavy atom. The maximum Gasteiger partial charge on any atom is 0.252 e. The zero-order valence-corrected chi connectivity index (χ0v) is 13.1. The number of primary amides is 1. The molecule has 0 radical (unpaired) electrons. The van der Waals surface area contributed by atoms with E-state index >= 15 is 0 Å². The molecule has 0 spiro atoms. The number of nitrogens with one attached hydrogen (secondary N) is 1. The number of nitrogens with zero attached hydrogens (tertiary/aromatic N) is 1. The summed E-state index contributed by atoms with van der Waals surface area (Å²) in [5, 5.41) is 9.30. The molecule has 7 heteroatoms. The van der Waals surface area contributed by atoms with Gasteiger partial charge in [-0.3, -0.25) is 10.2 Å². The number of amides is 1. The first kappa shape index (κ1) is 15.9. The molecule has 21 heavy (non-hydrogen) atoms. The van der Waals surface area contributed by atoms with E-state index in [4.69, 9.17) is 45.9 Å². The molecule has 0 unspecified atom stereocenters. The first-order chi connectivity index (χ1) is 9.88. The van der Waals surface area contributed by atoms with Crippen molar-refractivity contribution < 1.29 is 4.79 Å². The minimum Gasteiger partial charge on any atom is -0.365 e. The third-order valence-corrected chi connectivity index (χ3v) is 3.94. The predicted molar refractivity (Wildman–Crippen MR) is 84.0 cm³/mol. The van der Waals surface area contributed by atoms with E-state index < -0.39 is 5.91 Å².